The van der Waals surface area contributed by atoms with Gasteiger partial charge in [-0.3, -0.25) is 4.99 Å². The molecule has 2 atom stereocenters. The van der Waals surface area contributed by atoms with Crippen LogP contribution < -0.4 is 9.64 Å². The quantitative estimate of drug-likeness (QED) is 0.625. The molecule has 1 heterocycles. The van der Waals surface area contributed by atoms with Crippen molar-refractivity contribution in [2.75, 3.05) is 12.0 Å². The third-order valence-electron chi connectivity index (χ3n) is 5.15. The fourth-order valence-corrected chi connectivity index (χ4v) is 3.66. The average molecular weight is 356 g/mol. The zero-order chi connectivity index (χ0) is 18.8. The Morgan fingerprint density at radius 1 is 0.852 bits per heavy atom. The lowest BCUT2D eigenvalue weighted by Gasteiger charge is -2.30. The highest BCUT2D eigenvalue weighted by atomic mass is 16.5. The van der Waals surface area contributed by atoms with Crippen LogP contribution in [0.3, 0.4) is 0 Å². The van der Waals surface area contributed by atoms with E-state index in [0.29, 0.717) is 0 Å². The Morgan fingerprint density at radius 3 is 2.15 bits per heavy atom. The van der Waals surface area contributed by atoms with Crippen molar-refractivity contribution in [2.45, 2.75) is 26.1 Å². The van der Waals surface area contributed by atoms with Crippen molar-refractivity contribution >= 4 is 11.4 Å². The van der Waals surface area contributed by atoms with Gasteiger partial charge in [-0.15, -0.1) is 0 Å². The Bertz CT molecular complexity index is 930. The molecule has 0 saturated carbocycles. The summed E-state index contributed by atoms with van der Waals surface area (Å²) in [6.45, 7) is 4.35. The van der Waals surface area contributed by atoms with Crippen LogP contribution in [0.2, 0.25) is 0 Å². The zero-order valence-electron chi connectivity index (χ0n) is 16.0. The van der Waals surface area contributed by atoms with Gasteiger partial charge >= 0.3 is 0 Å². The SMILES string of the molecule is COc1ccc(C2N=C(c3ccccc3)C(C)N2c2ccc(C)cc2)cc1. The van der Waals surface area contributed by atoms with E-state index in [0.717, 1.165) is 17.0 Å². The van der Waals surface area contributed by atoms with Gasteiger partial charge < -0.3 is 9.64 Å². The molecule has 0 bridgehead atoms. The molecule has 0 radical (unpaired) electrons. The summed E-state index contributed by atoms with van der Waals surface area (Å²) in [6.07, 6.45) is -0.0520. The van der Waals surface area contributed by atoms with Crippen molar-refractivity contribution in [1.82, 2.24) is 0 Å². The minimum absolute atomic E-state index is 0.0520. The largest absolute Gasteiger partial charge is 0.497 e. The summed E-state index contributed by atoms with van der Waals surface area (Å²) in [5.74, 6) is 0.860. The molecule has 4 rings (SSSR count). The van der Waals surface area contributed by atoms with Gasteiger partial charge in [-0.2, -0.15) is 0 Å². The molecule has 0 aromatic heterocycles. The summed E-state index contributed by atoms with van der Waals surface area (Å²) in [7, 11) is 1.69. The second kappa shape index (κ2) is 7.28. The molecule has 0 aliphatic carbocycles. The van der Waals surface area contributed by atoms with E-state index < -0.39 is 0 Å². The molecule has 2 unspecified atom stereocenters. The standard InChI is InChI=1S/C24H24N2O/c1-17-9-13-21(14-10-17)26-18(2)23(19-7-5-4-6-8-19)25-24(26)20-11-15-22(27-3)16-12-20/h4-16,18,24H,1-3H3. The van der Waals surface area contributed by atoms with Crippen LogP contribution in [-0.2, 0) is 0 Å². The number of hydrogen-bond donors (Lipinski definition) is 0. The molecule has 1 aliphatic rings. The Labute approximate surface area is 160 Å². The van der Waals surface area contributed by atoms with Gasteiger partial charge in [0.05, 0.1) is 18.9 Å². The molecule has 3 nitrogen and oxygen atoms in total. The van der Waals surface area contributed by atoms with Gasteiger partial charge in [-0.25, -0.2) is 0 Å². The normalized spacial score (nSPS) is 19.1. The van der Waals surface area contributed by atoms with E-state index in [9.17, 15) is 0 Å². The Kier molecular flexibility index (Phi) is 4.68. The number of nitrogens with zero attached hydrogens (tertiary/aromatic N) is 2. The van der Waals surface area contributed by atoms with E-state index in [-0.39, 0.29) is 12.2 Å². The highest BCUT2D eigenvalue weighted by Crippen LogP contribution is 2.37. The third kappa shape index (κ3) is 3.33. The highest BCUT2D eigenvalue weighted by Gasteiger charge is 2.35. The van der Waals surface area contributed by atoms with Crippen molar-refractivity contribution in [3.8, 4) is 5.75 Å². The van der Waals surface area contributed by atoms with Crippen LogP contribution in [-0.4, -0.2) is 18.9 Å². The predicted molar refractivity (Wildman–Crippen MR) is 112 cm³/mol. The smallest absolute Gasteiger partial charge is 0.148 e. The molecule has 0 saturated heterocycles. The number of rotatable bonds is 4. The molecule has 1 aliphatic heterocycles. The van der Waals surface area contributed by atoms with Crippen molar-refractivity contribution in [3.05, 3.63) is 95.6 Å². The van der Waals surface area contributed by atoms with Crippen LogP contribution in [0.4, 0.5) is 5.69 Å². The topological polar surface area (TPSA) is 24.8 Å². The summed E-state index contributed by atoms with van der Waals surface area (Å²) in [5, 5.41) is 0. The van der Waals surface area contributed by atoms with Crippen LogP contribution in [0.25, 0.3) is 0 Å². The second-order valence-corrected chi connectivity index (χ2v) is 6.95. The lowest BCUT2D eigenvalue weighted by Crippen LogP contribution is -2.35. The molecule has 3 aromatic rings. The summed E-state index contributed by atoms with van der Waals surface area (Å²) in [4.78, 5) is 7.54. The lowest BCUT2D eigenvalue weighted by atomic mass is 10.0. The first-order chi connectivity index (χ1) is 13.2. The minimum Gasteiger partial charge on any atom is -0.497 e. The molecule has 3 heteroatoms. The third-order valence-corrected chi connectivity index (χ3v) is 5.15. The molecular weight excluding hydrogens is 332 g/mol. The Balaban J connectivity index is 1.78. The first-order valence-corrected chi connectivity index (χ1v) is 9.29. The van der Waals surface area contributed by atoms with Gasteiger partial charge in [0.2, 0.25) is 0 Å². The van der Waals surface area contributed by atoms with Crippen molar-refractivity contribution < 1.29 is 4.74 Å². The highest BCUT2D eigenvalue weighted by molar-refractivity contribution is 6.07. The fourth-order valence-electron chi connectivity index (χ4n) is 3.66. The van der Waals surface area contributed by atoms with E-state index in [2.05, 4.69) is 79.4 Å². The molecular formula is C24H24N2O. The molecule has 27 heavy (non-hydrogen) atoms. The van der Waals surface area contributed by atoms with E-state index in [1.165, 1.54) is 16.8 Å². The molecule has 136 valence electrons. The summed E-state index contributed by atoms with van der Waals surface area (Å²) in [6, 6.07) is 27.6. The van der Waals surface area contributed by atoms with Gasteiger partial charge in [-0.05, 0) is 49.2 Å². The van der Waals surface area contributed by atoms with Crippen molar-refractivity contribution in [2.24, 2.45) is 4.99 Å². The maximum Gasteiger partial charge on any atom is 0.148 e. The first kappa shape index (κ1) is 17.3. The Hall–Kier alpha value is -3.07. The van der Waals surface area contributed by atoms with Crippen LogP contribution in [0, 0.1) is 6.92 Å². The molecule has 0 fully saturated rings. The van der Waals surface area contributed by atoms with Gasteiger partial charge in [0.25, 0.3) is 0 Å². The van der Waals surface area contributed by atoms with Crippen LogP contribution in [0.5, 0.6) is 5.75 Å². The maximum absolute atomic E-state index is 5.32. The number of methoxy groups -OCH3 is 1. The van der Waals surface area contributed by atoms with Gasteiger partial charge in [0, 0.05) is 5.69 Å². The van der Waals surface area contributed by atoms with Crippen LogP contribution >= 0.6 is 0 Å². The van der Waals surface area contributed by atoms with E-state index in [4.69, 9.17) is 9.73 Å². The summed E-state index contributed by atoms with van der Waals surface area (Å²) >= 11 is 0. The van der Waals surface area contributed by atoms with Gasteiger partial charge in [0.15, 0.2) is 0 Å². The molecule has 3 aromatic carbocycles. The summed E-state index contributed by atoms with van der Waals surface area (Å²) in [5.41, 5.74) is 5.91. The monoisotopic (exact) mass is 356 g/mol. The fraction of sp³-hybridized carbons (Fsp3) is 0.208. The second-order valence-electron chi connectivity index (χ2n) is 6.95. The number of anilines is 1. The lowest BCUT2D eigenvalue weighted by molar-refractivity contribution is 0.414. The first-order valence-electron chi connectivity index (χ1n) is 9.29. The number of aryl methyl sites for hydroxylation is 1. The van der Waals surface area contributed by atoms with E-state index >= 15 is 0 Å². The number of aliphatic imine (C=N–C) groups is 1. The van der Waals surface area contributed by atoms with Gasteiger partial charge in [-0.1, -0.05) is 60.2 Å². The van der Waals surface area contributed by atoms with E-state index in [1.807, 2.05) is 18.2 Å². The van der Waals surface area contributed by atoms with Crippen molar-refractivity contribution in [3.63, 3.8) is 0 Å². The molecule has 0 amide bonds. The predicted octanol–water partition coefficient (Wildman–Crippen LogP) is 5.40. The number of benzene rings is 3. The van der Waals surface area contributed by atoms with Crippen molar-refractivity contribution in [1.29, 1.82) is 0 Å². The zero-order valence-corrected chi connectivity index (χ0v) is 16.0. The molecule has 0 spiro atoms. The summed E-state index contributed by atoms with van der Waals surface area (Å²) < 4.78 is 5.32. The average Bonchev–Trinajstić information content (AvgIpc) is 3.06. The Morgan fingerprint density at radius 2 is 1.52 bits per heavy atom. The van der Waals surface area contributed by atoms with Crippen LogP contribution in [0.15, 0.2) is 83.9 Å². The molecule has 0 N–H and O–H groups in total. The number of ether oxygens (including phenoxy) is 1. The van der Waals surface area contributed by atoms with Crippen LogP contribution in [0.1, 0.15) is 29.8 Å². The minimum atomic E-state index is -0.0520. The van der Waals surface area contributed by atoms with Gasteiger partial charge in [0.1, 0.15) is 11.9 Å². The maximum atomic E-state index is 5.32. The number of hydrogen-bond acceptors (Lipinski definition) is 3. The van der Waals surface area contributed by atoms with E-state index in [1.54, 1.807) is 7.11 Å².